The van der Waals surface area contributed by atoms with Gasteiger partial charge in [0.15, 0.2) is 25.4 Å². The molecular weight excluding hydrogens is 114 g/mol. The molecule has 0 aromatic carbocycles. The molecule has 0 amide bonds. The van der Waals surface area contributed by atoms with Gasteiger partial charge in [-0.15, -0.1) is 0 Å². The molecule has 0 rings (SSSR count). The predicted molar refractivity (Wildman–Crippen MR) is 31.7 cm³/mol. The van der Waals surface area contributed by atoms with E-state index in [1.165, 1.54) is 0 Å². The van der Waals surface area contributed by atoms with Gasteiger partial charge >= 0.3 is 0 Å². The maximum absolute atomic E-state index is 9.55. The van der Waals surface area contributed by atoms with E-state index in [2.05, 4.69) is 0 Å². The van der Waals surface area contributed by atoms with Gasteiger partial charge in [0.1, 0.15) is 0 Å². The van der Waals surface area contributed by atoms with Gasteiger partial charge in [0.2, 0.25) is 0 Å². The number of hydrogen-bond acceptors (Lipinski definition) is 1. The fourth-order valence-corrected chi connectivity index (χ4v) is 0. The van der Waals surface area contributed by atoms with Crippen LogP contribution in [0.25, 0.3) is 0 Å². The smallest absolute Gasteiger partial charge is 0.188 e. The Hall–Kier alpha value is 0.722. The highest BCUT2D eigenvalue weighted by Gasteiger charge is 1.76. The van der Waals surface area contributed by atoms with E-state index in [0.717, 1.165) is 0 Å². The summed E-state index contributed by atoms with van der Waals surface area (Å²) < 4.78 is 9.55. The lowest BCUT2D eigenvalue weighted by atomic mass is 11.0. The van der Waals surface area contributed by atoms with Gasteiger partial charge in [0.05, 0.1) is 0 Å². The zero-order chi connectivity index (χ0) is 4.28. The Morgan fingerprint density at radius 2 is 2.00 bits per heavy atom. The normalized spacial score (nSPS) is 12.3. The molecule has 0 aromatic heterocycles. The average molecular weight is 124 g/mol. The average Bonchev–Trinajstić information content (AvgIpc) is 1.38. The van der Waals surface area contributed by atoms with Crippen molar-refractivity contribution >= 4 is 25.4 Å². The molecule has 0 aliphatic heterocycles. The van der Waals surface area contributed by atoms with Crippen LogP contribution in [0.1, 0.15) is 6.92 Å². The molecule has 2 nitrogen and oxygen atoms in total. The van der Waals surface area contributed by atoms with Crippen molar-refractivity contribution in [3.8, 4) is 0 Å². The summed E-state index contributed by atoms with van der Waals surface area (Å²) in [6, 6.07) is 0. The Bertz CT molecular complexity index is 46.8. The second-order valence-electron chi connectivity index (χ2n) is 0.747. The van der Waals surface area contributed by atoms with E-state index in [4.69, 9.17) is 4.89 Å². The van der Waals surface area contributed by atoms with Crippen LogP contribution in [-0.2, 0) is 4.57 Å². The van der Waals surface area contributed by atoms with E-state index in [9.17, 15) is 4.57 Å². The number of hydrogen-bond donors (Lipinski definition) is 1. The summed E-state index contributed by atoms with van der Waals surface area (Å²) in [7, 11) is -2.12. The minimum Gasteiger partial charge on any atom is -0.346 e. The van der Waals surface area contributed by atoms with Gasteiger partial charge in [-0.2, -0.15) is 0 Å². The molecule has 1 unspecified atom stereocenters. The molecular formula is C2H10AlO2P. The van der Waals surface area contributed by atoms with Crippen LogP contribution in [0.15, 0.2) is 0 Å². The van der Waals surface area contributed by atoms with Crippen LogP contribution in [0.2, 0.25) is 0 Å². The van der Waals surface area contributed by atoms with Crippen molar-refractivity contribution in [2.45, 2.75) is 6.92 Å². The van der Waals surface area contributed by atoms with Gasteiger partial charge < -0.3 is 4.89 Å². The standard InChI is InChI=1S/C2H7O2P.Al.3H/c1-2-5(3)4;;;;/h5H,2H2,1H3,(H,3,4);;;;. The molecule has 6 heavy (non-hydrogen) atoms. The maximum Gasteiger partial charge on any atom is 0.188 e. The Balaban J connectivity index is 0. The molecule has 0 heterocycles. The summed E-state index contributed by atoms with van der Waals surface area (Å²) >= 11 is 0. The first kappa shape index (κ1) is 9.87. The largest absolute Gasteiger partial charge is 0.346 e. The molecule has 0 aliphatic rings. The van der Waals surface area contributed by atoms with Gasteiger partial charge in [0.25, 0.3) is 0 Å². The Morgan fingerprint density at radius 3 is 2.00 bits per heavy atom. The minimum atomic E-state index is -2.12. The molecule has 0 bridgehead atoms. The zero-order valence-electron chi connectivity index (χ0n) is 3.06. The molecule has 38 valence electrons. The quantitative estimate of drug-likeness (QED) is 0.370. The molecule has 1 N–H and O–H groups in total. The first-order valence-electron chi connectivity index (χ1n) is 1.49. The van der Waals surface area contributed by atoms with E-state index in [1.807, 2.05) is 0 Å². The van der Waals surface area contributed by atoms with Crippen LogP contribution < -0.4 is 0 Å². The first-order chi connectivity index (χ1) is 2.27. The van der Waals surface area contributed by atoms with Crippen LogP contribution >= 0.6 is 8.03 Å². The summed E-state index contributed by atoms with van der Waals surface area (Å²) in [5.74, 6) is 0. The second kappa shape index (κ2) is 5.72. The van der Waals surface area contributed by atoms with Crippen LogP contribution in [0.3, 0.4) is 0 Å². The third-order valence-electron chi connectivity index (χ3n) is 0.302. The van der Waals surface area contributed by atoms with Crippen LogP contribution in [-0.4, -0.2) is 28.4 Å². The van der Waals surface area contributed by atoms with Crippen molar-refractivity contribution in [2.24, 2.45) is 0 Å². The molecule has 1 atom stereocenters. The predicted octanol–water partition coefficient (Wildman–Crippen LogP) is -0.711. The second-order valence-corrected chi connectivity index (χ2v) is 2.24. The van der Waals surface area contributed by atoms with Crippen molar-refractivity contribution < 1.29 is 9.46 Å². The van der Waals surface area contributed by atoms with Gasteiger partial charge in [-0.1, -0.05) is 6.92 Å². The molecule has 0 saturated heterocycles. The van der Waals surface area contributed by atoms with Crippen molar-refractivity contribution in [1.82, 2.24) is 0 Å². The third-order valence-corrected chi connectivity index (χ3v) is 0.907. The highest BCUT2D eigenvalue weighted by Crippen LogP contribution is 2.08. The summed E-state index contributed by atoms with van der Waals surface area (Å²) in [6.45, 7) is 1.68. The van der Waals surface area contributed by atoms with E-state index in [-0.39, 0.29) is 17.4 Å². The molecule has 4 heteroatoms. The zero-order valence-corrected chi connectivity index (χ0v) is 4.06. The molecule has 0 radical (unpaired) electrons. The Labute approximate surface area is 48.6 Å². The topological polar surface area (TPSA) is 37.3 Å². The van der Waals surface area contributed by atoms with Crippen LogP contribution in [0.5, 0.6) is 0 Å². The SMILES string of the molecule is CC[PH](=O)O.[AlH3]. The van der Waals surface area contributed by atoms with E-state index < -0.39 is 8.03 Å². The van der Waals surface area contributed by atoms with Gasteiger partial charge in [-0.05, 0) is 0 Å². The van der Waals surface area contributed by atoms with E-state index in [1.54, 1.807) is 6.92 Å². The summed E-state index contributed by atoms with van der Waals surface area (Å²) in [6.07, 6.45) is 0.407. The lowest BCUT2D eigenvalue weighted by molar-refractivity contribution is 0.504. The Kier molecular flexibility index (Phi) is 9.41. The summed E-state index contributed by atoms with van der Waals surface area (Å²) in [4.78, 5) is 7.91. The van der Waals surface area contributed by atoms with Gasteiger partial charge in [0, 0.05) is 6.16 Å². The first-order valence-corrected chi connectivity index (χ1v) is 3.05. The van der Waals surface area contributed by atoms with Crippen molar-refractivity contribution in [3.05, 3.63) is 0 Å². The van der Waals surface area contributed by atoms with Crippen molar-refractivity contribution in [2.75, 3.05) is 6.16 Å². The Morgan fingerprint density at radius 1 is 1.83 bits per heavy atom. The van der Waals surface area contributed by atoms with E-state index in [0.29, 0.717) is 6.16 Å². The maximum atomic E-state index is 9.55. The van der Waals surface area contributed by atoms with Crippen molar-refractivity contribution in [3.63, 3.8) is 0 Å². The molecule has 0 spiro atoms. The van der Waals surface area contributed by atoms with Crippen molar-refractivity contribution in [1.29, 1.82) is 0 Å². The summed E-state index contributed by atoms with van der Waals surface area (Å²) in [5.41, 5.74) is 0. The fraction of sp³-hybridized carbons (Fsp3) is 1.00. The third kappa shape index (κ3) is 8.83. The fourth-order valence-electron chi connectivity index (χ4n) is 0. The molecule has 0 saturated carbocycles. The van der Waals surface area contributed by atoms with E-state index >= 15 is 0 Å². The highest BCUT2D eigenvalue weighted by molar-refractivity contribution is 7.37. The molecule has 0 aromatic rings. The summed E-state index contributed by atoms with van der Waals surface area (Å²) in [5, 5.41) is 0. The monoisotopic (exact) mass is 124 g/mol. The van der Waals surface area contributed by atoms with Gasteiger partial charge in [-0.3, -0.25) is 4.57 Å². The molecule has 0 fully saturated rings. The lowest BCUT2D eigenvalue weighted by Gasteiger charge is -1.74. The molecule has 0 aliphatic carbocycles. The number of rotatable bonds is 1. The lowest BCUT2D eigenvalue weighted by Crippen LogP contribution is -1.56. The highest BCUT2D eigenvalue weighted by atomic mass is 31.1. The van der Waals surface area contributed by atoms with Crippen LogP contribution in [0.4, 0.5) is 0 Å². The van der Waals surface area contributed by atoms with Gasteiger partial charge in [-0.25, -0.2) is 0 Å². The van der Waals surface area contributed by atoms with Crippen LogP contribution in [0, 0.1) is 0 Å². The minimum absolute atomic E-state index is 0.